The highest BCUT2D eigenvalue weighted by atomic mass is 16.8. The van der Waals surface area contributed by atoms with Gasteiger partial charge in [-0.25, -0.2) is 9.59 Å². The van der Waals surface area contributed by atoms with Crippen LogP contribution in [0.15, 0.2) is 11.6 Å². The molecular weight excluding hydrogens is 897 g/mol. The van der Waals surface area contributed by atoms with Crippen LogP contribution in [0.2, 0.25) is 0 Å². The Hall–Kier alpha value is -2.25. The van der Waals surface area contributed by atoms with E-state index in [1.54, 1.807) is 0 Å². The summed E-state index contributed by atoms with van der Waals surface area (Å²) >= 11 is 0. The molecule has 20 nitrogen and oxygen atoms in total. The van der Waals surface area contributed by atoms with Crippen molar-refractivity contribution in [2.45, 2.75) is 211 Å². The molecule has 3 heterocycles. The van der Waals surface area contributed by atoms with E-state index in [-0.39, 0.29) is 23.0 Å². The second-order valence-electron chi connectivity index (χ2n) is 23.8. The third-order valence-electron chi connectivity index (χ3n) is 19.1. The van der Waals surface area contributed by atoms with E-state index < -0.39 is 156 Å². The number of ether oxygens (including phenoxy) is 6. The van der Waals surface area contributed by atoms with Crippen molar-refractivity contribution in [1.29, 1.82) is 0 Å². The van der Waals surface area contributed by atoms with Crippen LogP contribution >= 0.6 is 0 Å². The van der Waals surface area contributed by atoms with Crippen LogP contribution in [-0.4, -0.2) is 185 Å². The van der Waals surface area contributed by atoms with Gasteiger partial charge in [-0.2, -0.15) is 0 Å². The average Bonchev–Trinajstić information content (AvgIpc) is 3.25. The number of carbonyl (C=O) groups excluding carboxylic acids is 1. The van der Waals surface area contributed by atoms with Crippen molar-refractivity contribution in [3.63, 3.8) is 0 Å². The first-order valence-electron chi connectivity index (χ1n) is 24.2. The van der Waals surface area contributed by atoms with Gasteiger partial charge in [-0.15, -0.1) is 0 Å². The summed E-state index contributed by atoms with van der Waals surface area (Å²) in [5.74, 6) is -3.91. The van der Waals surface area contributed by atoms with Gasteiger partial charge in [0, 0.05) is 11.3 Å². The molecule has 5 aliphatic carbocycles. The van der Waals surface area contributed by atoms with E-state index in [4.69, 9.17) is 28.4 Å². The van der Waals surface area contributed by atoms with E-state index in [1.165, 1.54) is 0 Å². The van der Waals surface area contributed by atoms with Gasteiger partial charge >= 0.3 is 11.9 Å². The van der Waals surface area contributed by atoms with Crippen LogP contribution in [0, 0.1) is 50.2 Å². The fraction of sp³-hybridized carbons (Fsp3) is 0.896. The van der Waals surface area contributed by atoms with Crippen LogP contribution in [0.4, 0.5) is 0 Å². The highest BCUT2D eigenvalue weighted by Gasteiger charge is 2.71. The summed E-state index contributed by atoms with van der Waals surface area (Å²) in [5, 5.41) is 115. The summed E-state index contributed by atoms with van der Waals surface area (Å²) in [6.07, 6.45) is -21.1. The van der Waals surface area contributed by atoms with Gasteiger partial charge in [0.15, 0.2) is 36.9 Å². The molecule has 0 amide bonds. The molecule has 20 heteroatoms. The Morgan fingerprint density at radius 2 is 1.18 bits per heavy atom. The molecular formula is C48H74O20. The lowest BCUT2D eigenvalue weighted by atomic mass is 9.33. The van der Waals surface area contributed by atoms with Gasteiger partial charge < -0.3 is 84.6 Å². The number of rotatable bonds is 9. The van der Waals surface area contributed by atoms with Crippen LogP contribution in [0.25, 0.3) is 0 Å². The minimum atomic E-state index is -2.07. The molecule has 0 radical (unpaired) electrons. The minimum Gasteiger partial charge on any atom is -0.479 e. The number of fused-ring (bicyclic) bond motifs is 7. The van der Waals surface area contributed by atoms with Gasteiger partial charge in [0.25, 0.3) is 0 Å². The molecule has 68 heavy (non-hydrogen) atoms. The van der Waals surface area contributed by atoms with Crippen molar-refractivity contribution >= 4 is 17.7 Å². The summed E-state index contributed by atoms with van der Waals surface area (Å²) < 4.78 is 36.0. The maximum atomic E-state index is 15.2. The quantitative estimate of drug-likeness (QED) is 0.135. The number of aliphatic carboxylic acids is 2. The lowest BCUT2D eigenvalue weighted by molar-refractivity contribution is -0.371. The number of aliphatic hydroxyl groups excluding tert-OH is 9. The van der Waals surface area contributed by atoms with Crippen molar-refractivity contribution in [3.8, 4) is 0 Å². The van der Waals surface area contributed by atoms with Crippen molar-refractivity contribution in [2.24, 2.45) is 50.2 Å². The summed E-state index contributed by atoms with van der Waals surface area (Å²) in [5.41, 5.74) is -1.90. The summed E-state index contributed by atoms with van der Waals surface area (Å²) in [6, 6.07) is 0. The molecule has 7 fully saturated rings. The molecule has 0 aromatic rings. The Bertz CT molecular complexity index is 1980. The van der Waals surface area contributed by atoms with Gasteiger partial charge in [0.2, 0.25) is 0 Å². The van der Waals surface area contributed by atoms with Crippen molar-refractivity contribution < 1.29 is 99.0 Å². The molecule has 3 aliphatic heterocycles. The Morgan fingerprint density at radius 1 is 0.618 bits per heavy atom. The van der Waals surface area contributed by atoms with Crippen LogP contribution in [-0.2, 0) is 42.8 Å². The van der Waals surface area contributed by atoms with E-state index in [0.29, 0.717) is 32.1 Å². The SMILES string of the molecule is CC1(C)CC2C3=CC(=O)C4[C@@]5(C)CC[C@H](O[C@@H]6O[C@H](C(=O)O)[C@@H](O)[C@H](O)[C@H]6OC6O[C@@H](C(=O)O)[C@H](O)[C@@H](O)[C@@H]6O)C(C)(C)C5CC[C@@]4(C)[C@]3(C)CC[C@@]2(C)[C@H](OC2O[C@H](CO)[C@@H](O)[C@H](O)[C@H]2O)C1. The first-order chi connectivity index (χ1) is 31.5. The molecule has 0 aromatic heterocycles. The van der Waals surface area contributed by atoms with Crippen molar-refractivity contribution in [3.05, 3.63) is 11.6 Å². The minimum absolute atomic E-state index is 0.0323. The maximum absolute atomic E-state index is 15.2. The highest BCUT2D eigenvalue weighted by Crippen LogP contribution is 2.75. The average molecular weight is 971 g/mol. The molecule has 0 bridgehead atoms. The zero-order valence-electron chi connectivity index (χ0n) is 40.1. The van der Waals surface area contributed by atoms with Gasteiger partial charge in [-0.1, -0.05) is 61.0 Å². The van der Waals surface area contributed by atoms with E-state index in [9.17, 15) is 65.8 Å². The lowest BCUT2D eigenvalue weighted by Crippen LogP contribution is -2.68. The number of carboxylic acid groups (broad SMARTS) is 2. The Kier molecular flexibility index (Phi) is 13.6. The summed E-state index contributed by atoms with van der Waals surface area (Å²) in [4.78, 5) is 39.4. The monoisotopic (exact) mass is 970 g/mol. The predicted molar refractivity (Wildman–Crippen MR) is 231 cm³/mol. The van der Waals surface area contributed by atoms with E-state index in [0.717, 1.165) is 24.8 Å². The molecule has 386 valence electrons. The molecule has 5 unspecified atom stereocenters. The smallest absolute Gasteiger partial charge is 0.335 e. The number of hydrogen-bond acceptors (Lipinski definition) is 18. The zero-order valence-corrected chi connectivity index (χ0v) is 40.1. The number of aliphatic hydroxyl groups is 9. The number of ketones is 1. The topological polar surface area (TPSA) is 329 Å². The molecule has 11 N–H and O–H groups in total. The normalized spacial score (nSPS) is 53.2. The second-order valence-corrected chi connectivity index (χ2v) is 23.8. The third-order valence-corrected chi connectivity index (χ3v) is 19.1. The van der Waals surface area contributed by atoms with E-state index in [2.05, 4.69) is 41.5 Å². The molecule has 8 aliphatic rings. The fourth-order valence-electron chi connectivity index (χ4n) is 15.0. The highest BCUT2D eigenvalue weighted by molar-refractivity contribution is 5.95. The number of allylic oxidation sites excluding steroid dienone is 2. The van der Waals surface area contributed by atoms with Gasteiger partial charge in [0.05, 0.1) is 18.8 Å². The van der Waals surface area contributed by atoms with Crippen LogP contribution in [0.1, 0.15) is 107 Å². The van der Waals surface area contributed by atoms with Gasteiger partial charge in [-0.05, 0) is 96.4 Å². The lowest BCUT2D eigenvalue weighted by Gasteiger charge is -2.71. The predicted octanol–water partition coefficient (Wildman–Crippen LogP) is -0.0241. The molecule has 3 saturated heterocycles. The molecule has 8 rings (SSSR count). The fourth-order valence-corrected chi connectivity index (χ4v) is 15.0. The first kappa shape index (κ1) is 52.1. The van der Waals surface area contributed by atoms with Crippen molar-refractivity contribution in [1.82, 2.24) is 0 Å². The number of carbonyl (C=O) groups is 3. The van der Waals surface area contributed by atoms with Crippen LogP contribution in [0.5, 0.6) is 0 Å². The van der Waals surface area contributed by atoms with Crippen molar-refractivity contribution in [2.75, 3.05) is 6.61 Å². The molecule has 4 saturated carbocycles. The summed E-state index contributed by atoms with van der Waals surface area (Å²) in [6.45, 7) is 16.6. The Balaban J connectivity index is 1.06. The molecule has 0 aromatic carbocycles. The molecule has 0 spiro atoms. The zero-order chi connectivity index (χ0) is 50.2. The van der Waals surface area contributed by atoms with Crippen LogP contribution in [0.3, 0.4) is 0 Å². The number of carboxylic acids is 2. The third kappa shape index (κ3) is 7.94. The van der Waals surface area contributed by atoms with Gasteiger partial charge in [0.1, 0.15) is 61.0 Å². The second kappa shape index (κ2) is 17.8. The Labute approximate surface area is 395 Å². The maximum Gasteiger partial charge on any atom is 0.335 e. The first-order valence-corrected chi connectivity index (χ1v) is 24.2. The standard InChI is InChI=1S/C48H74O20/c1-43(2)16-20-19-15-21(50)37-46(6)11-10-24(64-42-36(31(56)30(55)35(67-42)39(61)62)68-41-33(58)28(53)29(54)34(66-41)38(59)60)44(3,4)23(46)9-12-48(37,8)47(19,7)14-13-45(20,5)25(17-43)65-40-32(57)27(52)26(51)22(18-49)63-40/h15,20,22-37,40-42,49,51-58H,9-14,16-18H2,1-8H3,(H,59,60)(H,61,62)/t20?,22-,23?,24+,25-,26-,27+,28-,29-,30+,31+,32-,33+,34-,35+,36-,37?,40?,41?,42-,45-,46+,47-,48-/m1/s1. The summed E-state index contributed by atoms with van der Waals surface area (Å²) in [7, 11) is 0. The van der Waals surface area contributed by atoms with E-state index in [1.807, 2.05) is 19.9 Å². The largest absolute Gasteiger partial charge is 0.479 e. The van der Waals surface area contributed by atoms with Gasteiger partial charge in [-0.3, -0.25) is 4.79 Å². The molecule has 24 atom stereocenters. The van der Waals surface area contributed by atoms with E-state index >= 15 is 4.79 Å². The Morgan fingerprint density at radius 3 is 1.78 bits per heavy atom. The number of hydrogen-bond donors (Lipinski definition) is 11. The van der Waals surface area contributed by atoms with Crippen LogP contribution < -0.4 is 0 Å².